The van der Waals surface area contributed by atoms with Crippen molar-refractivity contribution in [1.29, 1.82) is 0 Å². The van der Waals surface area contributed by atoms with Crippen molar-refractivity contribution in [3.05, 3.63) is 93.0 Å². The first-order valence-electron chi connectivity index (χ1n) is 23.2. The molecule has 21 nitrogen and oxygen atoms in total. The number of likely N-dealkylation sites (N-methyl/N-ethyl adjacent to an activating group) is 1. The summed E-state index contributed by atoms with van der Waals surface area (Å²) in [4.78, 5) is 63.3. The van der Waals surface area contributed by atoms with Gasteiger partial charge in [0.15, 0.2) is 21.3 Å². The number of nitrogens with zero attached hydrogens (tertiary/aromatic N) is 7. The van der Waals surface area contributed by atoms with E-state index >= 15 is 8.78 Å². The second-order valence-electron chi connectivity index (χ2n) is 19.1. The predicted molar refractivity (Wildman–Crippen MR) is 263 cm³/mol. The standard InChI is InChI=1S/C46H44ClF10N8O13PS2/c1-43(2,80(4,72)73)13-12-26-6-7-27(36(58-26)32(18-23-16-24(48)19-25(49)17-23)59-33(66)20-63-39-34(38(60-63)46(55,56)57)29-8-10-30(29)45(39,53)54)28-9-11-31(47)35-37(28)64(21-44(50,51)52)61-40(35)65(81(5,74)75)42(68)76-15-14-62(3)41(67)77-22-78-79(69,70)71/h6-7,9,11,16-17,19,29-30,32H,12-15,18,20-22H2,1-5H3,(H,59,66)(H2,69,70,71)/t29-,30+,32-/m0/s1. The zero-order chi connectivity index (χ0) is 60.3. The lowest BCUT2D eigenvalue weighted by molar-refractivity contribution is -0.143. The van der Waals surface area contributed by atoms with Gasteiger partial charge in [-0.1, -0.05) is 35.6 Å². The van der Waals surface area contributed by atoms with Gasteiger partial charge < -0.3 is 29.5 Å². The van der Waals surface area contributed by atoms with Crippen molar-refractivity contribution in [3.63, 3.8) is 0 Å². The van der Waals surface area contributed by atoms with Crippen LogP contribution in [0.3, 0.4) is 0 Å². The van der Waals surface area contributed by atoms with E-state index in [9.17, 15) is 70.9 Å². The van der Waals surface area contributed by atoms with Gasteiger partial charge in [-0.15, -0.1) is 0 Å². The van der Waals surface area contributed by atoms with E-state index in [1.165, 1.54) is 26.0 Å². The van der Waals surface area contributed by atoms with Gasteiger partial charge in [-0.2, -0.15) is 49.6 Å². The number of aromatic nitrogens is 5. The molecular weight excluding hydrogens is 1190 g/mol. The molecule has 3 aromatic heterocycles. The van der Waals surface area contributed by atoms with Crippen LogP contribution in [0.4, 0.5) is 59.3 Å². The molecule has 2 aliphatic rings. The van der Waals surface area contributed by atoms with E-state index < -0.39 is 188 Å². The maximum absolute atomic E-state index is 15.8. The Morgan fingerprint density at radius 2 is 1.57 bits per heavy atom. The molecule has 81 heavy (non-hydrogen) atoms. The average Bonchev–Trinajstić information content (AvgIpc) is 3.77. The number of fused-ring (bicyclic) bond motifs is 4. The fourth-order valence-electron chi connectivity index (χ4n) is 8.66. The van der Waals surface area contributed by atoms with Crippen molar-refractivity contribution in [2.75, 3.05) is 43.8 Å². The summed E-state index contributed by atoms with van der Waals surface area (Å²) in [5.41, 5.74) is -6.24. The zero-order valence-corrected chi connectivity index (χ0v) is 45.7. The molecule has 3 heterocycles. The topological polar surface area (TPSA) is 272 Å². The molecule has 0 bridgehead atoms. The normalized spacial score (nSPS) is 16.4. The monoisotopic (exact) mass is 1240 g/mol. The predicted octanol–water partition coefficient (Wildman–Crippen LogP) is 7.52. The largest absolute Gasteiger partial charge is 0.472 e. The average molecular weight is 1240 g/mol. The molecule has 0 saturated carbocycles. The number of anilines is 1. The van der Waals surface area contributed by atoms with Crippen LogP contribution >= 0.6 is 19.4 Å². The van der Waals surface area contributed by atoms with Crippen molar-refractivity contribution in [1.82, 2.24) is 34.8 Å². The minimum Gasteiger partial charge on any atom is -0.447 e. The Morgan fingerprint density at radius 3 is 2.14 bits per heavy atom. The Labute approximate surface area is 457 Å². The van der Waals surface area contributed by atoms with Gasteiger partial charge in [-0.3, -0.25) is 19.1 Å². The number of carbonyl (C=O) groups excluding carboxylic acids is 3. The van der Waals surface area contributed by atoms with E-state index in [1.54, 1.807) is 0 Å². The van der Waals surface area contributed by atoms with E-state index in [4.69, 9.17) is 26.1 Å². The molecular formula is C46H44ClF10N8O13PS2. The third-order valence-corrected chi connectivity index (χ3v) is 16.7. The number of phosphoric acid groups is 1. The molecule has 3 atom stereocenters. The molecule has 3 N–H and O–H groups in total. The molecule has 3 amide bonds. The number of hydrogen-bond acceptors (Lipinski definition) is 14. The molecule has 2 aliphatic carbocycles. The summed E-state index contributed by atoms with van der Waals surface area (Å²) < 4.78 is 224. The maximum Gasteiger partial charge on any atom is 0.472 e. The highest BCUT2D eigenvalue weighted by atomic mass is 35.5. The molecule has 0 saturated heterocycles. The van der Waals surface area contributed by atoms with Crippen molar-refractivity contribution in [3.8, 4) is 23.0 Å². The zero-order valence-electron chi connectivity index (χ0n) is 42.4. The van der Waals surface area contributed by atoms with Gasteiger partial charge in [0.25, 0.3) is 0 Å². The molecule has 440 valence electrons. The molecule has 0 spiro atoms. The first-order valence-corrected chi connectivity index (χ1v) is 28.9. The van der Waals surface area contributed by atoms with E-state index in [0.717, 1.165) is 37.6 Å². The summed E-state index contributed by atoms with van der Waals surface area (Å²) in [6.07, 6.45) is -13.5. The van der Waals surface area contributed by atoms with Crippen molar-refractivity contribution in [2.24, 2.45) is 5.92 Å². The van der Waals surface area contributed by atoms with Crippen LogP contribution < -0.4 is 9.62 Å². The summed E-state index contributed by atoms with van der Waals surface area (Å²) in [5.74, 6) is -8.03. The number of alkyl halides is 8. The molecule has 0 aliphatic heterocycles. The third kappa shape index (κ3) is 13.7. The van der Waals surface area contributed by atoms with Gasteiger partial charge in [0, 0.05) is 41.8 Å². The van der Waals surface area contributed by atoms with E-state index in [1.807, 2.05) is 0 Å². The highest BCUT2D eigenvalue weighted by molar-refractivity contribution is 7.92. The van der Waals surface area contributed by atoms with Gasteiger partial charge in [0.05, 0.1) is 51.1 Å². The highest BCUT2D eigenvalue weighted by Gasteiger charge is 2.62. The number of nitrogens with one attached hydrogen (secondary N) is 1. The fraction of sp³-hybridized carbons (Fsp3) is 0.435. The molecule has 0 fully saturated rings. The van der Waals surface area contributed by atoms with Crippen LogP contribution in [0.1, 0.15) is 66.1 Å². The first-order chi connectivity index (χ1) is 37.2. The fourth-order valence-corrected chi connectivity index (χ4v) is 10.3. The van der Waals surface area contributed by atoms with Crippen molar-refractivity contribution in [2.45, 2.75) is 81.2 Å². The number of carbonyl (C=O) groups is 3. The van der Waals surface area contributed by atoms with Gasteiger partial charge >= 0.3 is 38.3 Å². The number of ether oxygens (including phenoxy) is 2. The Bertz CT molecular complexity index is 3680. The number of benzene rings is 2. The van der Waals surface area contributed by atoms with Gasteiger partial charge in [0.2, 0.25) is 22.7 Å². The summed E-state index contributed by atoms with van der Waals surface area (Å²) in [7, 11) is -12.9. The number of halogens is 11. The molecule has 0 radical (unpaired) electrons. The number of amides is 3. The van der Waals surface area contributed by atoms with Crippen LogP contribution in [0.2, 0.25) is 5.02 Å². The number of sulfone groups is 1. The number of aryl methyl sites for hydroxylation is 1. The van der Waals surface area contributed by atoms with E-state index in [2.05, 4.69) is 41.6 Å². The van der Waals surface area contributed by atoms with Gasteiger partial charge in [-0.05, 0) is 62.9 Å². The van der Waals surface area contributed by atoms with Crippen LogP contribution in [0.5, 0.6) is 0 Å². The lowest BCUT2D eigenvalue weighted by Crippen LogP contribution is -2.39. The van der Waals surface area contributed by atoms with Crippen molar-refractivity contribution < 1.29 is 103 Å². The Hall–Kier alpha value is -6.56. The number of sulfonamides is 1. The number of hydrogen-bond donors (Lipinski definition) is 3. The smallest absolute Gasteiger partial charge is 0.447 e. The van der Waals surface area contributed by atoms with E-state index in [0.29, 0.717) is 17.2 Å². The van der Waals surface area contributed by atoms with Crippen LogP contribution in [-0.2, 0) is 81.2 Å². The molecule has 0 unspecified atom stereocenters. The quantitative estimate of drug-likeness (QED) is 0.0294. The van der Waals surface area contributed by atoms with Crippen LogP contribution in [-0.4, -0.2) is 125 Å². The Balaban J connectivity index is 1.39. The molecule has 5 aromatic rings. The summed E-state index contributed by atoms with van der Waals surface area (Å²) in [5, 5.41) is 8.35. The first kappa shape index (κ1) is 62.0. The second-order valence-corrected chi connectivity index (χ2v) is 25.3. The third-order valence-electron chi connectivity index (χ3n) is 12.8. The summed E-state index contributed by atoms with van der Waals surface area (Å²) >= 11 is 6.64. The van der Waals surface area contributed by atoms with Crippen molar-refractivity contribution >= 4 is 74.1 Å². The molecule has 2 aromatic carbocycles. The lowest BCUT2D eigenvalue weighted by atomic mass is 9.84. The Morgan fingerprint density at radius 1 is 0.926 bits per heavy atom. The molecule has 35 heteroatoms. The Kier molecular flexibility index (Phi) is 17.1. The maximum atomic E-state index is 15.8. The summed E-state index contributed by atoms with van der Waals surface area (Å²) in [6, 6.07) is 4.69. The SMILES string of the molecule is CN(CCOC(=O)N(c1nn(CC(F)(F)F)c2c(-c3ccc(CCC(C)(C)S(C)(=O)=O)nc3[C@H](Cc3cc(F)cc(F)c3)NC(=O)Cn3nc(C(F)(F)F)c4c3C(F)(F)[C@@H]3C#C[C@H]43)ccc(Cl)c12)S(C)(=O)=O)C(=O)OCOP(=O)(O)O. The molecule has 7 rings (SSSR count). The van der Waals surface area contributed by atoms with Crippen LogP contribution in [0.25, 0.3) is 22.0 Å². The van der Waals surface area contributed by atoms with Gasteiger partial charge in [0.1, 0.15) is 42.9 Å². The minimum absolute atomic E-state index is 0.0148. The number of phosphoric ester groups is 1. The minimum atomic E-state index is -5.32. The summed E-state index contributed by atoms with van der Waals surface area (Å²) in [6.45, 7) is -3.45. The van der Waals surface area contributed by atoms with E-state index in [-0.39, 0.29) is 43.3 Å². The number of rotatable bonds is 20. The number of pyridine rings is 1. The lowest BCUT2D eigenvalue weighted by Gasteiger charge is -2.25. The van der Waals surface area contributed by atoms with Gasteiger partial charge in [-0.25, -0.2) is 44.3 Å². The highest BCUT2D eigenvalue weighted by Crippen LogP contribution is 2.58. The van der Waals surface area contributed by atoms with Crippen LogP contribution in [0, 0.1) is 29.4 Å². The second kappa shape index (κ2) is 22.3. The van der Waals surface area contributed by atoms with Crippen LogP contribution in [0.15, 0.2) is 42.5 Å².